The highest BCUT2D eigenvalue weighted by Crippen LogP contribution is 2.61. The summed E-state index contributed by atoms with van der Waals surface area (Å²) < 4.78 is 0.123. The van der Waals surface area contributed by atoms with Gasteiger partial charge in [-0.25, -0.2) is 4.98 Å². The first-order chi connectivity index (χ1) is 9.23. The van der Waals surface area contributed by atoms with E-state index in [9.17, 15) is 5.11 Å². The second kappa shape index (κ2) is 4.88. The van der Waals surface area contributed by atoms with E-state index < -0.39 is 14.3 Å². The van der Waals surface area contributed by atoms with E-state index in [2.05, 4.69) is 10.1 Å². The molecule has 1 aromatic heterocycles. The van der Waals surface area contributed by atoms with Crippen molar-refractivity contribution in [3.05, 3.63) is 12.7 Å². The molecule has 3 unspecified atom stereocenters. The van der Waals surface area contributed by atoms with E-state index in [4.69, 9.17) is 46.4 Å². The number of nitrogens with zero attached hydrogens (tertiary/aromatic N) is 3. The molecule has 0 spiro atoms. The van der Waals surface area contributed by atoms with Gasteiger partial charge in [-0.05, 0) is 31.6 Å². The number of aliphatic hydroxyl groups is 1. The zero-order chi connectivity index (χ0) is 14.6. The minimum Gasteiger partial charge on any atom is -0.388 e. The van der Waals surface area contributed by atoms with Crippen LogP contribution < -0.4 is 0 Å². The van der Waals surface area contributed by atoms with E-state index in [1.54, 1.807) is 11.0 Å². The Morgan fingerprint density at radius 2 is 1.90 bits per heavy atom. The van der Waals surface area contributed by atoms with E-state index >= 15 is 0 Å². The van der Waals surface area contributed by atoms with Crippen LogP contribution in [-0.4, -0.2) is 34.1 Å². The van der Waals surface area contributed by atoms with E-state index in [0.29, 0.717) is 19.4 Å². The second-order valence-electron chi connectivity index (χ2n) is 5.92. The molecule has 1 heterocycles. The third kappa shape index (κ3) is 3.05. The third-order valence-corrected chi connectivity index (χ3v) is 6.02. The Morgan fingerprint density at radius 3 is 2.35 bits per heavy atom. The maximum absolute atomic E-state index is 11.0. The maximum atomic E-state index is 11.0. The topological polar surface area (TPSA) is 50.9 Å². The molecule has 0 bridgehead atoms. The molecule has 3 atom stereocenters. The molecule has 0 amide bonds. The van der Waals surface area contributed by atoms with Crippen LogP contribution in [0.25, 0.3) is 0 Å². The molecule has 0 aromatic carbocycles. The van der Waals surface area contributed by atoms with Gasteiger partial charge in [0.15, 0.2) is 0 Å². The van der Waals surface area contributed by atoms with E-state index in [1.807, 2.05) is 0 Å². The van der Waals surface area contributed by atoms with E-state index in [0.717, 1.165) is 12.8 Å². The van der Waals surface area contributed by atoms with Crippen LogP contribution in [0, 0.1) is 11.8 Å². The summed E-state index contributed by atoms with van der Waals surface area (Å²) in [5, 5.41) is 15.0. The fraction of sp³-hybridized carbons (Fsp3) is 0.833. The molecular formula is C12H15Cl4N3O. The molecule has 2 aliphatic rings. The molecule has 0 radical (unpaired) electrons. The Hall–Kier alpha value is 0.260. The standard InChI is InChI=1S/C12H15Cl4N3O/c13-11(14)3-8(11)1-2-10(20,9-4-12(9,15)16)5-19-7-17-6-18-19/h6-9,20H,1-5H2. The Kier molecular flexibility index (Phi) is 3.70. The van der Waals surface area contributed by atoms with Crippen LogP contribution in [-0.2, 0) is 6.54 Å². The van der Waals surface area contributed by atoms with Crippen LogP contribution in [0.1, 0.15) is 25.7 Å². The lowest BCUT2D eigenvalue weighted by Gasteiger charge is -2.29. The molecule has 4 nitrogen and oxygen atoms in total. The molecule has 2 aliphatic carbocycles. The zero-order valence-electron chi connectivity index (χ0n) is 10.6. The van der Waals surface area contributed by atoms with Crippen LogP contribution in [0.5, 0.6) is 0 Å². The van der Waals surface area contributed by atoms with Gasteiger partial charge >= 0.3 is 0 Å². The molecule has 112 valence electrons. The molecule has 0 aliphatic heterocycles. The van der Waals surface area contributed by atoms with Crippen LogP contribution in [0.3, 0.4) is 0 Å². The molecule has 2 saturated carbocycles. The molecule has 2 fully saturated rings. The monoisotopic (exact) mass is 357 g/mol. The van der Waals surface area contributed by atoms with E-state index in [1.165, 1.54) is 6.33 Å². The van der Waals surface area contributed by atoms with Crippen LogP contribution in [0.15, 0.2) is 12.7 Å². The van der Waals surface area contributed by atoms with Crippen molar-refractivity contribution in [2.45, 2.75) is 46.5 Å². The van der Waals surface area contributed by atoms with Crippen molar-refractivity contribution in [1.82, 2.24) is 14.8 Å². The Labute approximate surface area is 137 Å². The van der Waals surface area contributed by atoms with Crippen molar-refractivity contribution in [2.24, 2.45) is 11.8 Å². The van der Waals surface area contributed by atoms with Gasteiger partial charge in [0, 0.05) is 5.92 Å². The predicted octanol–water partition coefficient (Wildman–Crippen LogP) is 3.18. The van der Waals surface area contributed by atoms with Gasteiger partial charge in [0.2, 0.25) is 0 Å². The Morgan fingerprint density at radius 1 is 1.25 bits per heavy atom. The fourth-order valence-corrected chi connectivity index (χ4v) is 4.07. The molecule has 1 aromatic rings. The highest BCUT2D eigenvalue weighted by molar-refractivity contribution is 6.51. The average molecular weight is 359 g/mol. The summed E-state index contributed by atoms with van der Waals surface area (Å²) in [6.45, 7) is 0.323. The van der Waals surface area contributed by atoms with Crippen LogP contribution in [0.4, 0.5) is 0 Å². The quantitative estimate of drug-likeness (QED) is 0.794. The van der Waals surface area contributed by atoms with Gasteiger partial charge < -0.3 is 5.11 Å². The summed E-state index contributed by atoms with van der Waals surface area (Å²) in [6.07, 6.45) is 5.66. The molecule has 20 heavy (non-hydrogen) atoms. The number of alkyl halides is 4. The minimum atomic E-state index is -1.01. The largest absolute Gasteiger partial charge is 0.388 e. The number of hydrogen-bond acceptors (Lipinski definition) is 3. The molecule has 8 heteroatoms. The van der Waals surface area contributed by atoms with Gasteiger partial charge in [0.05, 0.1) is 12.1 Å². The van der Waals surface area contributed by atoms with E-state index in [-0.39, 0.29) is 11.8 Å². The Balaban J connectivity index is 1.67. The lowest BCUT2D eigenvalue weighted by molar-refractivity contribution is -0.0142. The summed E-state index contributed by atoms with van der Waals surface area (Å²) in [4.78, 5) is 3.89. The van der Waals surface area contributed by atoms with Gasteiger partial charge in [-0.3, -0.25) is 4.68 Å². The highest BCUT2D eigenvalue weighted by Gasteiger charge is 2.63. The first-order valence-electron chi connectivity index (χ1n) is 6.53. The summed E-state index contributed by atoms with van der Waals surface area (Å²) in [5.74, 6) is 0.0632. The third-order valence-electron chi connectivity index (χ3n) is 4.26. The van der Waals surface area contributed by atoms with Crippen molar-refractivity contribution < 1.29 is 5.11 Å². The summed E-state index contributed by atoms with van der Waals surface area (Å²) in [7, 11) is 0. The van der Waals surface area contributed by atoms with Gasteiger partial charge in [-0.1, -0.05) is 0 Å². The SMILES string of the molecule is OC(CCC1CC1(Cl)Cl)(Cn1cncn1)C1CC1(Cl)Cl. The van der Waals surface area contributed by atoms with Crippen LogP contribution in [0.2, 0.25) is 0 Å². The first-order valence-corrected chi connectivity index (χ1v) is 8.05. The number of aromatic nitrogens is 3. The summed E-state index contributed by atoms with van der Waals surface area (Å²) in [5.41, 5.74) is -1.01. The number of rotatable bonds is 6. The maximum Gasteiger partial charge on any atom is 0.137 e. The second-order valence-corrected chi connectivity index (χ2v) is 9.00. The zero-order valence-corrected chi connectivity index (χ0v) is 13.7. The van der Waals surface area contributed by atoms with Crippen molar-refractivity contribution >= 4 is 46.4 Å². The van der Waals surface area contributed by atoms with Crippen molar-refractivity contribution in [3.8, 4) is 0 Å². The number of halogens is 4. The van der Waals surface area contributed by atoms with Crippen LogP contribution >= 0.6 is 46.4 Å². The lowest BCUT2D eigenvalue weighted by Crippen LogP contribution is -2.39. The lowest BCUT2D eigenvalue weighted by atomic mass is 9.90. The van der Waals surface area contributed by atoms with Gasteiger partial charge in [0.1, 0.15) is 21.3 Å². The molecule has 0 saturated heterocycles. The predicted molar refractivity (Wildman–Crippen MR) is 79.3 cm³/mol. The fourth-order valence-electron chi connectivity index (χ4n) is 2.76. The molecule has 1 N–H and O–H groups in total. The smallest absolute Gasteiger partial charge is 0.137 e. The summed E-state index contributed by atoms with van der Waals surface area (Å²) >= 11 is 24.3. The van der Waals surface area contributed by atoms with Gasteiger partial charge in [-0.15, -0.1) is 46.4 Å². The molecular weight excluding hydrogens is 344 g/mol. The van der Waals surface area contributed by atoms with Crippen molar-refractivity contribution in [3.63, 3.8) is 0 Å². The normalized spacial score (nSPS) is 32.6. The van der Waals surface area contributed by atoms with Gasteiger partial charge in [-0.2, -0.15) is 5.10 Å². The average Bonchev–Trinajstić information content (AvgIpc) is 3.05. The van der Waals surface area contributed by atoms with Gasteiger partial charge in [0.25, 0.3) is 0 Å². The highest BCUT2D eigenvalue weighted by atomic mass is 35.5. The summed E-state index contributed by atoms with van der Waals surface area (Å²) in [6, 6.07) is 0. The Bertz CT molecular complexity index is 493. The minimum absolute atomic E-state index is 0.165. The molecule has 3 rings (SSSR count). The first kappa shape index (κ1) is 15.2. The van der Waals surface area contributed by atoms with Crippen molar-refractivity contribution in [2.75, 3.05) is 0 Å². The number of hydrogen-bond donors (Lipinski definition) is 1. The van der Waals surface area contributed by atoms with Crippen molar-refractivity contribution in [1.29, 1.82) is 0 Å².